The summed E-state index contributed by atoms with van der Waals surface area (Å²) in [6.45, 7) is 1.83. The van der Waals surface area contributed by atoms with Crippen molar-refractivity contribution in [1.82, 2.24) is 0 Å². The molecule has 20 heavy (non-hydrogen) atoms. The van der Waals surface area contributed by atoms with Crippen molar-refractivity contribution in [2.24, 2.45) is 11.8 Å². The van der Waals surface area contributed by atoms with Crippen molar-refractivity contribution >= 4 is 17.5 Å². The zero-order valence-electron chi connectivity index (χ0n) is 12.1. The summed E-state index contributed by atoms with van der Waals surface area (Å²) < 4.78 is 0. The van der Waals surface area contributed by atoms with E-state index in [9.17, 15) is 14.4 Å². The van der Waals surface area contributed by atoms with Gasteiger partial charge in [0.2, 0.25) is 0 Å². The van der Waals surface area contributed by atoms with Gasteiger partial charge in [-0.25, -0.2) is 0 Å². The lowest BCUT2D eigenvalue weighted by Gasteiger charge is -2.14. The Morgan fingerprint density at radius 1 is 1.30 bits per heavy atom. The number of rotatable bonds is 9. The second-order valence-corrected chi connectivity index (χ2v) is 5.45. The van der Waals surface area contributed by atoms with Crippen molar-refractivity contribution in [2.45, 2.75) is 58.3 Å². The monoisotopic (exact) mass is 280 g/mol. The first-order chi connectivity index (χ1) is 9.54. The summed E-state index contributed by atoms with van der Waals surface area (Å²) in [7, 11) is 0. The van der Waals surface area contributed by atoms with E-state index < -0.39 is 5.97 Å². The quantitative estimate of drug-likeness (QED) is 0.520. The Balaban J connectivity index is 2.36. The number of aliphatic carboxylic acids is 1. The number of carboxylic acids is 1. The van der Waals surface area contributed by atoms with E-state index in [2.05, 4.69) is 0 Å². The largest absolute Gasteiger partial charge is 0.481 e. The summed E-state index contributed by atoms with van der Waals surface area (Å²) in [5.41, 5.74) is 0. The maximum absolute atomic E-state index is 11.9. The van der Waals surface area contributed by atoms with E-state index in [1.54, 1.807) is 6.08 Å². The Kier molecular flexibility index (Phi) is 7.20. The average Bonchev–Trinajstić information content (AvgIpc) is 2.76. The molecule has 0 heterocycles. The molecule has 1 aliphatic rings. The van der Waals surface area contributed by atoms with Crippen molar-refractivity contribution in [3.63, 3.8) is 0 Å². The van der Waals surface area contributed by atoms with Crippen molar-refractivity contribution in [3.8, 4) is 0 Å². The van der Waals surface area contributed by atoms with Crippen LogP contribution in [0.2, 0.25) is 0 Å². The van der Waals surface area contributed by atoms with E-state index in [1.807, 2.05) is 13.0 Å². The van der Waals surface area contributed by atoms with Crippen LogP contribution in [0.25, 0.3) is 0 Å². The molecule has 0 aromatic rings. The first-order valence-electron chi connectivity index (χ1n) is 7.50. The van der Waals surface area contributed by atoms with Crippen LogP contribution in [0.1, 0.15) is 58.3 Å². The first-order valence-corrected chi connectivity index (χ1v) is 7.50. The highest BCUT2D eigenvalue weighted by Gasteiger charge is 2.32. The van der Waals surface area contributed by atoms with Gasteiger partial charge in [0.25, 0.3) is 0 Å². The molecule has 1 aliphatic carbocycles. The van der Waals surface area contributed by atoms with Gasteiger partial charge in [-0.3, -0.25) is 14.4 Å². The summed E-state index contributed by atoms with van der Waals surface area (Å²) >= 11 is 0. The Morgan fingerprint density at radius 2 is 2.05 bits per heavy atom. The van der Waals surface area contributed by atoms with Crippen LogP contribution in [0.5, 0.6) is 0 Å². The summed E-state index contributed by atoms with van der Waals surface area (Å²) in [4.78, 5) is 33.6. The minimum absolute atomic E-state index is 0.0285. The van der Waals surface area contributed by atoms with Crippen LogP contribution in [0.15, 0.2) is 12.2 Å². The molecule has 0 aromatic carbocycles. The number of unbranched alkanes of at least 4 members (excludes halogenated alkanes) is 2. The predicted molar refractivity (Wildman–Crippen MR) is 76.4 cm³/mol. The van der Waals surface area contributed by atoms with E-state index in [1.165, 1.54) is 0 Å². The fourth-order valence-corrected chi connectivity index (χ4v) is 2.71. The van der Waals surface area contributed by atoms with Crippen LogP contribution in [0.4, 0.5) is 0 Å². The molecule has 0 aliphatic heterocycles. The van der Waals surface area contributed by atoms with Crippen molar-refractivity contribution < 1.29 is 19.5 Å². The SMILES string of the molecule is CCC(=O)C=CC1CCC(=O)C1CCCCCC(=O)O. The number of carbonyl (C=O) groups excluding carboxylic acids is 2. The van der Waals surface area contributed by atoms with Crippen molar-refractivity contribution in [1.29, 1.82) is 0 Å². The molecule has 4 heteroatoms. The smallest absolute Gasteiger partial charge is 0.303 e. The third-order valence-corrected chi connectivity index (χ3v) is 3.94. The third kappa shape index (κ3) is 5.68. The van der Waals surface area contributed by atoms with Crippen molar-refractivity contribution in [2.75, 3.05) is 0 Å². The number of allylic oxidation sites excluding steroid dienone is 2. The number of ketones is 2. The van der Waals surface area contributed by atoms with Gasteiger partial charge < -0.3 is 5.11 Å². The average molecular weight is 280 g/mol. The van der Waals surface area contributed by atoms with Gasteiger partial charge in [0.1, 0.15) is 5.78 Å². The topological polar surface area (TPSA) is 71.4 Å². The predicted octanol–water partition coefficient (Wildman–Crippen LogP) is 3.15. The summed E-state index contributed by atoms with van der Waals surface area (Å²) in [5.74, 6) is -0.148. The number of Topliss-reactive ketones (excluding diaryl/α,β-unsaturated/α-hetero) is 1. The molecule has 2 atom stereocenters. The Bertz CT molecular complexity index is 384. The fourth-order valence-electron chi connectivity index (χ4n) is 2.71. The van der Waals surface area contributed by atoms with Gasteiger partial charge in [0.15, 0.2) is 5.78 Å². The van der Waals surface area contributed by atoms with E-state index in [0.717, 1.165) is 25.7 Å². The van der Waals surface area contributed by atoms with Gasteiger partial charge in [0.05, 0.1) is 0 Å². The highest BCUT2D eigenvalue weighted by Crippen LogP contribution is 2.33. The molecule has 0 amide bonds. The van der Waals surface area contributed by atoms with Crippen LogP contribution in [0.3, 0.4) is 0 Å². The molecule has 0 spiro atoms. The molecule has 112 valence electrons. The zero-order chi connectivity index (χ0) is 15.0. The molecule has 1 N–H and O–H groups in total. The van der Waals surface area contributed by atoms with Gasteiger partial charge >= 0.3 is 5.97 Å². The normalized spacial score (nSPS) is 22.6. The number of hydrogen-bond donors (Lipinski definition) is 1. The maximum atomic E-state index is 11.9. The second kappa shape index (κ2) is 8.67. The minimum Gasteiger partial charge on any atom is -0.481 e. The lowest BCUT2D eigenvalue weighted by Crippen LogP contribution is -2.13. The lowest BCUT2D eigenvalue weighted by atomic mass is 9.89. The maximum Gasteiger partial charge on any atom is 0.303 e. The van der Waals surface area contributed by atoms with Gasteiger partial charge in [-0.2, -0.15) is 0 Å². The zero-order valence-corrected chi connectivity index (χ0v) is 12.1. The van der Waals surface area contributed by atoms with E-state index in [0.29, 0.717) is 25.0 Å². The number of hydrogen-bond acceptors (Lipinski definition) is 3. The molecule has 2 unspecified atom stereocenters. The van der Waals surface area contributed by atoms with Crippen LogP contribution in [0, 0.1) is 11.8 Å². The summed E-state index contributed by atoms with van der Waals surface area (Å²) in [6, 6.07) is 0. The molecule has 0 saturated heterocycles. The molecule has 1 rings (SSSR count). The summed E-state index contributed by atoms with van der Waals surface area (Å²) in [6.07, 6.45) is 8.87. The van der Waals surface area contributed by atoms with E-state index in [4.69, 9.17) is 5.11 Å². The fraction of sp³-hybridized carbons (Fsp3) is 0.688. The molecule has 1 fully saturated rings. The van der Waals surface area contributed by atoms with Gasteiger partial charge in [-0.15, -0.1) is 0 Å². The molecule has 0 radical (unpaired) electrons. The standard InChI is InChI=1S/C16H24O4/c1-2-13(17)10-8-12-9-11-15(18)14(12)6-4-3-5-7-16(19)20/h8,10,12,14H,2-7,9,11H2,1H3,(H,19,20). The Morgan fingerprint density at radius 3 is 2.70 bits per heavy atom. The molecule has 0 aromatic heterocycles. The minimum atomic E-state index is -0.763. The first kappa shape index (κ1) is 16.6. The Labute approximate surface area is 120 Å². The third-order valence-electron chi connectivity index (χ3n) is 3.94. The number of carbonyl (C=O) groups is 3. The van der Waals surface area contributed by atoms with Crippen molar-refractivity contribution in [3.05, 3.63) is 12.2 Å². The molecular formula is C16H24O4. The van der Waals surface area contributed by atoms with E-state index >= 15 is 0 Å². The molecule has 4 nitrogen and oxygen atoms in total. The van der Waals surface area contributed by atoms with Crippen LogP contribution < -0.4 is 0 Å². The van der Waals surface area contributed by atoms with Crippen LogP contribution >= 0.6 is 0 Å². The van der Waals surface area contributed by atoms with Crippen LogP contribution in [-0.2, 0) is 14.4 Å². The van der Waals surface area contributed by atoms with Gasteiger partial charge in [-0.1, -0.05) is 25.8 Å². The van der Waals surface area contributed by atoms with Crippen LogP contribution in [-0.4, -0.2) is 22.6 Å². The lowest BCUT2D eigenvalue weighted by molar-refractivity contribution is -0.137. The van der Waals surface area contributed by atoms with E-state index in [-0.39, 0.29) is 24.0 Å². The molecule has 1 saturated carbocycles. The molecular weight excluding hydrogens is 256 g/mol. The highest BCUT2D eigenvalue weighted by molar-refractivity contribution is 5.89. The molecule has 0 bridgehead atoms. The second-order valence-electron chi connectivity index (χ2n) is 5.45. The van der Waals surface area contributed by atoms with Gasteiger partial charge in [0, 0.05) is 25.2 Å². The number of carboxylic acid groups (broad SMARTS) is 1. The summed E-state index contributed by atoms with van der Waals surface area (Å²) in [5, 5.41) is 8.56. The van der Waals surface area contributed by atoms with Gasteiger partial charge in [-0.05, 0) is 31.3 Å². The highest BCUT2D eigenvalue weighted by atomic mass is 16.4. The Hall–Kier alpha value is -1.45.